The Kier molecular flexibility index (Phi) is 7.53. The molecule has 10 nitrogen and oxygen atoms in total. The van der Waals surface area contributed by atoms with Gasteiger partial charge in [0.2, 0.25) is 0 Å². The lowest BCUT2D eigenvalue weighted by Crippen LogP contribution is -2.74. The Bertz CT molecular complexity index is 1250. The Hall–Kier alpha value is -3.24. The zero-order chi connectivity index (χ0) is 29.6. The maximum atomic E-state index is 13.4. The predicted octanol–water partition coefficient (Wildman–Crippen LogP) is 3.30. The maximum Gasteiger partial charge on any atom is 0.338 e. The van der Waals surface area contributed by atoms with E-state index in [1.165, 1.54) is 19.9 Å². The van der Waals surface area contributed by atoms with Crippen LogP contribution in [0.2, 0.25) is 0 Å². The minimum absolute atomic E-state index is 0.0167. The van der Waals surface area contributed by atoms with Crippen molar-refractivity contribution in [2.24, 2.45) is 16.7 Å². The first-order chi connectivity index (χ1) is 19.3. The topological polar surface area (TPSA) is 138 Å². The van der Waals surface area contributed by atoms with Crippen LogP contribution in [0.1, 0.15) is 70.2 Å². The summed E-state index contributed by atoms with van der Waals surface area (Å²) in [4.78, 5) is 50.0. The van der Waals surface area contributed by atoms with Gasteiger partial charge in [-0.25, -0.2) is 9.59 Å². The van der Waals surface area contributed by atoms with E-state index in [0.29, 0.717) is 30.6 Å². The molecule has 41 heavy (non-hydrogen) atoms. The molecule has 2 aliphatic carbocycles. The molecule has 4 aliphatic rings. The summed E-state index contributed by atoms with van der Waals surface area (Å²) in [5, 5.41) is 12.3. The lowest BCUT2D eigenvalue weighted by atomic mass is 9.41. The van der Waals surface area contributed by atoms with Gasteiger partial charge in [0, 0.05) is 38.2 Å². The van der Waals surface area contributed by atoms with Crippen LogP contribution < -0.4 is 0 Å². The minimum Gasteiger partial charge on any atom is -0.465 e. The first-order valence-corrected chi connectivity index (χ1v) is 14.1. The zero-order valence-electron chi connectivity index (χ0n) is 24.0. The van der Waals surface area contributed by atoms with E-state index in [2.05, 4.69) is 0 Å². The molecular formula is C31H38O10. The molecule has 0 amide bonds. The molecule has 0 radical (unpaired) electrons. The Morgan fingerprint density at radius 3 is 2.41 bits per heavy atom. The molecule has 1 spiro atoms. The van der Waals surface area contributed by atoms with E-state index in [1.54, 1.807) is 37.3 Å². The van der Waals surface area contributed by atoms with Crippen LogP contribution in [-0.4, -0.2) is 72.2 Å². The average Bonchev–Trinajstić information content (AvgIpc) is 3.57. The van der Waals surface area contributed by atoms with Crippen molar-refractivity contribution in [3.8, 4) is 0 Å². The molecule has 3 fully saturated rings. The lowest BCUT2D eigenvalue weighted by Gasteiger charge is -2.66. The van der Waals surface area contributed by atoms with Gasteiger partial charge in [-0.15, -0.1) is 0 Å². The van der Waals surface area contributed by atoms with Gasteiger partial charge in [-0.3, -0.25) is 9.59 Å². The van der Waals surface area contributed by atoms with Crippen LogP contribution in [0.5, 0.6) is 0 Å². The molecule has 2 saturated carbocycles. The van der Waals surface area contributed by atoms with Gasteiger partial charge in [0.05, 0.1) is 23.2 Å². The molecule has 222 valence electrons. The first kappa shape index (κ1) is 29.3. The standard InChI is InChI=1S/C31H38O10/c1-19(32)38-18-31-23(11-8-12-30(31)17-39-30)29(4,24(40-20(2)33)13-21-14-26(34)37-16-21)28(3,36)15-25(31)41-27(35)22-9-6-5-7-10-22/h5-7,9-10,14,23-25,36H,8,11-13,15-18H2,1-4H3/t23-,24?,25+,28+,29+,30+,31+/m1/s1. The third kappa shape index (κ3) is 4.95. The van der Waals surface area contributed by atoms with Gasteiger partial charge >= 0.3 is 23.9 Å². The molecule has 10 heteroatoms. The highest BCUT2D eigenvalue weighted by atomic mass is 16.6. The third-order valence-corrected chi connectivity index (χ3v) is 10.00. The number of carbonyl (C=O) groups is 4. The van der Waals surface area contributed by atoms with Crippen molar-refractivity contribution in [3.63, 3.8) is 0 Å². The van der Waals surface area contributed by atoms with E-state index in [4.69, 9.17) is 23.7 Å². The van der Waals surface area contributed by atoms with E-state index in [0.717, 1.165) is 6.42 Å². The fourth-order valence-electron chi connectivity index (χ4n) is 7.77. The summed E-state index contributed by atoms with van der Waals surface area (Å²) in [6, 6.07) is 8.59. The second-order valence-corrected chi connectivity index (χ2v) is 12.3. The number of cyclic esters (lactones) is 1. The molecule has 1 aromatic rings. The highest BCUT2D eigenvalue weighted by molar-refractivity contribution is 5.89. The van der Waals surface area contributed by atoms with Crippen LogP contribution >= 0.6 is 0 Å². The number of aliphatic hydroxyl groups is 1. The number of ether oxygens (including phenoxy) is 5. The Balaban J connectivity index is 1.64. The van der Waals surface area contributed by atoms with Crippen LogP contribution in [0, 0.1) is 16.7 Å². The summed E-state index contributed by atoms with van der Waals surface area (Å²) in [5.74, 6) is -2.52. The number of benzene rings is 1. The van der Waals surface area contributed by atoms with E-state index in [9.17, 15) is 24.3 Å². The minimum atomic E-state index is -1.52. The van der Waals surface area contributed by atoms with Crippen LogP contribution in [0.25, 0.3) is 0 Å². The number of hydrogen-bond donors (Lipinski definition) is 1. The summed E-state index contributed by atoms with van der Waals surface area (Å²) in [6.45, 7) is 6.54. The normalized spacial score (nSPS) is 36.4. The van der Waals surface area contributed by atoms with Crippen LogP contribution in [0.3, 0.4) is 0 Å². The molecule has 0 aromatic heterocycles. The molecule has 2 aliphatic heterocycles. The highest BCUT2D eigenvalue weighted by Gasteiger charge is 2.78. The van der Waals surface area contributed by atoms with Gasteiger partial charge in [-0.05, 0) is 43.4 Å². The molecular weight excluding hydrogens is 532 g/mol. The summed E-state index contributed by atoms with van der Waals surface area (Å²) in [6.07, 6.45) is 1.78. The van der Waals surface area contributed by atoms with E-state index in [1.807, 2.05) is 6.92 Å². The van der Waals surface area contributed by atoms with Crippen molar-refractivity contribution in [2.45, 2.75) is 83.2 Å². The lowest BCUT2D eigenvalue weighted by molar-refractivity contribution is -0.284. The second-order valence-electron chi connectivity index (χ2n) is 12.3. The number of rotatable bonds is 8. The Labute approximate surface area is 239 Å². The Morgan fingerprint density at radius 1 is 1.12 bits per heavy atom. The molecule has 2 heterocycles. The molecule has 1 aromatic carbocycles. The highest BCUT2D eigenvalue weighted by Crippen LogP contribution is 2.70. The third-order valence-electron chi connectivity index (χ3n) is 10.00. The molecule has 1 unspecified atom stereocenters. The molecule has 1 saturated heterocycles. The SMILES string of the molecule is CC(=O)OC[C@@]12[C@@H](OC(=O)c3ccccc3)C[C@](C)(O)[C@](C)(C(CC3=CC(=O)OC3)OC(C)=O)[C@H]1CCC[C@]21CO1. The summed E-state index contributed by atoms with van der Waals surface area (Å²) in [5.41, 5.74) is -3.42. The number of carbonyl (C=O) groups excluding carboxylic acids is 4. The maximum absolute atomic E-state index is 13.4. The van der Waals surface area contributed by atoms with Crippen molar-refractivity contribution >= 4 is 23.9 Å². The quantitative estimate of drug-likeness (QED) is 0.281. The zero-order valence-corrected chi connectivity index (χ0v) is 24.0. The van der Waals surface area contributed by atoms with Gasteiger partial charge in [0.15, 0.2) is 0 Å². The van der Waals surface area contributed by atoms with E-state index < -0.39 is 64.0 Å². The van der Waals surface area contributed by atoms with Crippen molar-refractivity contribution in [3.05, 3.63) is 47.5 Å². The number of hydrogen-bond acceptors (Lipinski definition) is 10. The average molecular weight is 571 g/mol. The van der Waals surface area contributed by atoms with Crippen LogP contribution in [0.15, 0.2) is 42.0 Å². The smallest absolute Gasteiger partial charge is 0.338 e. The number of fused-ring (bicyclic) bond motifs is 2. The van der Waals surface area contributed by atoms with E-state index >= 15 is 0 Å². The molecule has 7 atom stereocenters. The van der Waals surface area contributed by atoms with Crippen molar-refractivity contribution in [1.29, 1.82) is 0 Å². The fourth-order valence-corrected chi connectivity index (χ4v) is 7.77. The second kappa shape index (κ2) is 10.5. The van der Waals surface area contributed by atoms with Crippen molar-refractivity contribution < 1.29 is 48.0 Å². The first-order valence-electron chi connectivity index (χ1n) is 14.1. The van der Waals surface area contributed by atoms with Gasteiger partial charge in [-0.1, -0.05) is 31.5 Å². The number of esters is 4. The van der Waals surface area contributed by atoms with Crippen LogP contribution in [0.4, 0.5) is 0 Å². The summed E-state index contributed by atoms with van der Waals surface area (Å²) >= 11 is 0. The van der Waals surface area contributed by atoms with E-state index in [-0.39, 0.29) is 26.1 Å². The monoisotopic (exact) mass is 570 g/mol. The fraction of sp³-hybridized carbons (Fsp3) is 0.613. The largest absolute Gasteiger partial charge is 0.465 e. The summed E-state index contributed by atoms with van der Waals surface area (Å²) < 4.78 is 29.2. The molecule has 5 rings (SSSR count). The summed E-state index contributed by atoms with van der Waals surface area (Å²) in [7, 11) is 0. The van der Waals surface area contributed by atoms with Gasteiger partial charge < -0.3 is 28.8 Å². The Morgan fingerprint density at radius 2 is 1.83 bits per heavy atom. The molecule has 1 N–H and O–H groups in total. The number of epoxide rings is 1. The van der Waals surface area contributed by atoms with Gasteiger partial charge in [0.25, 0.3) is 0 Å². The molecule has 0 bridgehead atoms. The van der Waals surface area contributed by atoms with Crippen LogP contribution in [-0.2, 0) is 38.1 Å². The van der Waals surface area contributed by atoms with Gasteiger partial charge in [-0.2, -0.15) is 0 Å². The predicted molar refractivity (Wildman–Crippen MR) is 143 cm³/mol. The van der Waals surface area contributed by atoms with Crippen molar-refractivity contribution in [2.75, 3.05) is 19.8 Å². The van der Waals surface area contributed by atoms with Gasteiger partial charge in [0.1, 0.15) is 31.0 Å². The van der Waals surface area contributed by atoms with Crippen molar-refractivity contribution in [1.82, 2.24) is 0 Å².